The average Bonchev–Trinajstić information content (AvgIpc) is 2.83. The van der Waals surface area contributed by atoms with Crippen molar-refractivity contribution in [1.82, 2.24) is 4.98 Å². The Balaban J connectivity index is 2.06. The minimum absolute atomic E-state index is 0.0259. The third-order valence-electron chi connectivity index (χ3n) is 5.14. The number of para-hydroxylation sites is 1. The number of ketones is 1. The van der Waals surface area contributed by atoms with Crippen molar-refractivity contribution in [1.29, 1.82) is 0 Å². The lowest BCUT2D eigenvalue weighted by molar-refractivity contribution is -0.158. The van der Waals surface area contributed by atoms with Gasteiger partial charge >= 0.3 is 11.9 Å². The predicted molar refractivity (Wildman–Crippen MR) is 127 cm³/mol. The molecule has 0 spiro atoms. The van der Waals surface area contributed by atoms with E-state index >= 15 is 0 Å². The zero-order chi connectivity index (χ0) is 25.8. The highest BCUT2D eigenvalue weighted by atomic mass is 16.7. The van der Waals surface area contributed by atoms with Gasteiger partial charge in [0.1, 0.15) is 18.0 Å². The summed E-state index contributed by atoms with van der Waals surface area (Å²) in [7, 11) is 1.41. The monoisotopic (exact) mass is 487 g/mol. The fourth-order valence-corrected chi connectivity index (χ4v) is 3.29. The van der Waals surface area contributed by atoms with Crippen LogP contribution in [-0.4, -0.2) is 48.8 Å². The van der Waals surface area contributed by atoms with Crippen molar-refractivity contribution in [3.63, 3.8) is 0 Å². The number of pyridine rings is 1. The Morgan fingerprint density at radius 3 is 2.40 bits per heavy atom. The second-order valence-corrected chi connectivity index (χ2v) is 8.02. The molecule has 190 valence electrons. The molecule has 0 N–H and O–H groups in total. The van der Waals surface area contributed by atoms with Crippen LogP contribution in [0, 0.1) is 5.92 Å². The summed E-state index contributed by atoms with van der Waals surface area (Å²) in [5.41, 5.74) is -0.0259. The van der Waals surface area contributed by atoms with Crippen molar-refractivity contribution in [2.75, 3.05) is 13.9 Å². The van der Waals surface area contributed by atoms with Gasteiger partial charge in [-0.3, -0.25) is 14.4 Å². The summed E-state index contributed by atoms with van der Waals surface area (Å²) in [5, 5.41) is 0. The van der Waals surface area contributed by atoms with Crippen LogP contribution in [-0.2, 0) is 19.1 Å². The second kappa shape index (κ2) is 13.9. The molecule has 2 aromatic rings. The van der Waals surface area contributed by atoms with Crippen LogP contribution in [0.25, 0.3) is 0 Å². The topological polar surface area (TPSA) is 110 Å². The Labute approximate surface area is 205 Å². The van der Waals surface area contributed by atoms with Crippen LogP contribution < -0.4 is 14.2 Å². The first-order chi connectivity index (χ1) is 16.8. The minimum atomic E-state index is -0.736. The van der Waals surface area contributed by atoms with E-state index in [0.717, 1.165) is 6.42 Å². The predicted octanol–water partition coefficient (Wildman–Crippen LogP) is 4.38. The number of methoxy groups -OCH3 is 1. The van der Waals surface area contributed by atoms with Crippen molar-refractivity contribution in [3.05, 3.63) is 48.3 Å². The lowest BCUT2D eigenvalue weighted by Crippen LogP contribution is -2.35. The Kier molecular flexibility index (Phi) is 11.0. The highest BCUT2D eigenvalue weighted by Gasteiger charge is 2.28. The molecule has 0 aliphatic carbocycles. The van der Waals surface area contributed by atoms with Crippen molar-refractivity contribution < 1.29 is 38.1 Å². The normalized spacial score (nSPS) is 13.2. The summed E-state index contributed by atoms with van der Waals surface area (Å²) in [6.07, 6.45) is 1.81. The van der Waals surface area contributed by atoms with Gasteiger partial charge in [-0.1, -0.05) is 38.5 Å². The number of benzene rings is 1. The van der Waals surface area contributed by atoms with Gasteiger partial charge in [0, 0.05) is 25.6 Å². The van der Waals surface area contributed by atoms with E-state index in [1.165, 1.54) is 26.3 Å². The van der Waals surface area contributed by atoms with Gasteiger partial charge in [0.2, 0.25) is 6.79 Å². The molecule has 35 heavy (non-hydrogen) atoms. The van der Waals surface area contributed by atoms with E-state index < -0.39 is 36.5 Å². The number of hydrogen-bond acceptors (Lipinski definition) is 9. The number of aromatic nitrogens is 1. The van der Waals surface area contributed by atoms with Gasteiger partial charge < -0.3 is 23.7 Å². The van der Waals surface area contributed by atoms with Gasteiger partial charge in [-0.25, -0.2) is 4.98 Å². The lowest BCUT2D eigenvalue weighted by atomic mass is 10.0. The first-order valence-corrected chi connectivity index (χ1v) is 11.5. The second-order valence-electron chi connectivity index (χ2n) is 8.02. The number of carbonyl (C=O) groups is 3. The van der Waals surface area contributed by atoms with Gasteiger partial charge in [0.25, 0.3) is 0 Å². The van der Waals surface area contributed by atoms with E-state index in [-0.39, 0.29) is 29.7 Å². The van der Waals surface area contributed by atoms with Gasteiger partial charge in [-0.2, -0.15) is 0 Å². The molecule has 3 atom stereocenters. The first kappa shape index (κ1) is 27.6. The summed E-state index contributed by atoms with van der Waals surface area (Å²) < 4.78 is 27.1. The van der Waals surface area contributed by atoms with Gasteiger partial charge in [0.05, 0.1) is 13.0 Å². The maximum atomic E-state index is 13.0. The van der Waals surface area contributed by atoms with Crippen molar-refractivity contribution in [3.8, 4) is 17.2 Å². The first-order valence-electron chi connectivity index (χ1n) is 11.5. The molecule has 9 heteroatoms. The third kappa shape index (κ3) is 8.59. The van der Waals surface area contributed by atoms with E-state index in [0.29, 0.717) is 12.2 Å². The summed E-state index contributed by atoms with van der Waals surface area (Å²) in [6.45, 7) is 6.29. The molecule has 0 amide bonds. The molecule has 0 unspecified atom stereocenters. The molecular formula is C26H33NO8. The molecule has 0 aliphatic rings. The highest BCUT2D eigenvalue weighted by Crippen LogP contribution is 2.31. The number of rotatable bonds is 14. The minimum Gasteiger partial charge on any atom is -0.493 e. The molecule has 0 saturated heterocycles. The van der Waals surface area contributed by atoms with Crippen LogP contribution in [0.2, 0.25) is 0 Å². The lowest BCUT2D eigenvalue weighted by Gasteiger charge is -2.26. The Hall–Kier alpha value is -3.62. The molecule has 0 aliphatic heterocycles. The van der Waals surface area contributed by atoms with Crippen LogP contribution in [0.1, 0.15) is 57.4 Å². The standard InChI is InChI=1S/C26H33NO8/c1-6-10-22(18(3)34-20-11-8-7-9-12-20)35-26(30)17(2)15-21(29)24-25(33-16-32-19(4)28)23(31-5)13-14-27-24/h7-9,11-14,17-18,22H,6,10,15-16H2,1-5H3/t17-,18+,22-/m1/s1. The van der Waals surface area contributed by atoms with Crippen molar-refractivity contribution in [2.45, 2.75) is 59.2 Å². The number of carbonyl (C=O) groups excluding carboxylic acids is 3. The molecular weight excluding hydrogens is 454 g/mol. The zero-order valence-electron chi connectivity index (χ0n) is 20.8. The Morgan fingerprint density at radius 1 is 1.06 bits per heavy atom. The van der Waals surface area contributed by atoms with E-state index in [1.807, 2.05) is 44.2 Å². The van der Waals surface area contributed by atoms with E-state index in [1.54, 1.807) is 6.92 Å². The maximum Gasteiger partial charge on any atom is 0.309 e. The molecule has 0 saturated carbocycles. The van der Waals surface area contributed by atoms with Crippen LogP contribution in [0.5, 0.6) is 17.2 Å². The number of esters is 2. The zero-order valence-corrected chi connectivity index (χ0v) is 20.8. The molecule has 0 bridgehead atoms. The summed E-state index contributed by atoms with van der Waals surface area (Å²) in [4.78, 5) is 41.0. The molecule has 1 aromatic heterocycles. The Bertz CT molecular complexity index is 979. The highest BCUT2D eigenvalue weighted by molar-refractivity contribution is 5.99. The SMILES string of the molecule is CCC[C@@H](OC(=O)[C@H](C)CC(=O)c1nccc(OC)c1OCOC(C)=O)[C@H](C)Oc1ccccc1. The number of ether oxygens (including phenoxy) is 5. The largest absolute Gasteiger partial charge is 0.493 e. The molecule has 2 rings (SSSR count). The maximum absolute atomic E-state index is 13.0. The number of Topliss-reactive ketones (excluding diaryl/α,β-unsaturated/α-hetero) is 1. The number of nitrogens with zero attached hydrogens (tertiary/aromatic N) is 1. The van der Waals surface area contributed by atoms with E-state index in [2.05, 4.69) is 4.98 Å². The fourth-order valence-electron chi connectivity index (χ4n) is 3.29. The summed E-state index contributed by atoms with van der Waals surface area (Å²) in [5.74, 6) is -1.25. The van der Waals surface area contributed by atoms with Crippen LogP contribution in [0.4, 0.5) is 0 Å². The molecule has 9 nitrogen and oxygen atoms in total. The van der Waals surface area contributed by atoms with Crippen molar-refractivity contribution in [2.24, 2.45) is 5.92 Å². The van der Waals surface area contributed by atoms with Crippen LogP contribution in [0.3, 0.4) is 0 Å². The molecule has 0 radical (unpaired) electrons. The van der Waals surface area contributed by atoms with Gasteiger partial charge in [-0.05, 0) is 25.5 Å². The van der Waals surface area contributed by atoms with Crippen molar-refractivity contribution >= 4 is 17.7 Å². The van der Waals surface area contributed by atoms with Crippen LogP contribution >= 0.6 is 0 Å². The quantitative estimate of drug-likeness (QED) is 0.218. The summed E-state index contributed by atoms with van der Waals surface area (Å²) in [6, 6.07) is 10.8. The smallest absolute Gasteiger partial charge is 0.309 e. The average molecular weight is 488 g/mol. The Morgan fingerprint density at radius 2 is 1.77 bits per heavy atom. The third-order valence-corrected chi connectivity index (χ3v) is 5.14. The van der Waals surface area contributed by atoms with E-state index in [4.69, 9.17) is 23.7 Å². The molecule has 1 aromatic carbocycles. The van der Waals surface area contributed by atoms with Crippen LogP contribution in [0.15, 0.2) is 42.6 Å². The van der Waals surface area contributed by atoms with Gasteiger partial charge in [0.15, 0.2) is 23.0 Å². The van der Waals surface area contributed by atoms with Gasteiger partial charge in [-0.15, -0.1) is 0 Å². The fraction of sp³-hybridized carbons (Fsp3) is 0.462. The molecule has 1 heterocycles. The number of hydrogen-bond donors (Lipinski definition) is 0. The summed E-state index contributed by atoms with van der Waals surface area (Å²) >= 11 is 0. The van der Waals surface area contributed by atoms with E-state index in [9.17, 15) is 14.4 Å². The molecule has 0 fully saturated rings.